The van der Waals surface area contributed by atoms with E-state index in [4.69, 9.17) is 4.74 Å². The summed E-state index contributed by atoms with van der Waals surface area (Å²) in [6.45, 7) is 3.89. The molecule has 3 aromatic carbocycles. The SMILES string of the molecule is CCOc1ccc(NS(=O)(=O)c2ccc(C)c(C(=O)Nc3cccc(C(F)(F)F)c3)c2)cc1. The first kappa shape index (κ1) is 24.1. The van der Waals surface area contributed by atoms with Gasteiger partial charge in [0.1, 0.15) is 5.75 Å². The molecule has 1 amide bonds. The fourth-order valence-corrected chi connectivity index (χ4v) is 4.07. The molecular weight excluding hydrogens is 457 g/mol. The molecule has 0 aromatic heterocycles. The topological polar surface area (TPSA) is 84.5 Å². The molecule has 0 fully saturated rings. The maximum absolute atomic E-state index is 12.9. The van der Waals surface area contributed by atoms with Gasteiger partial charge in [0.15, 0.2) is 0 Å². The summed E-state index contributed by atoms with van der Waals surface area (Å²) in [7, 11) is -4.03. The van der Waals surface area contributed by atoms with Gasteiger partial charge in [-0.15, -0.1) is 0 Å². The van der Waals surface area contributed by atoms with Crippen LogP contribution in [0.3, 0.4) is 0 Å². The van der Waals surface area contributed by atoms with Crippen molar-refractivity contribution in [3.8, 4) is 5.75 Å². The van der Waals surface area contributed by atoms with Crippen molar-refractivity contribution < 1.29 is 31.1 Å². The first-order valence-electron chi connectivity index (χ1n) is 9.84. The molecule has 0 heterocycles. The van der Waals surface area contributed by atoms with Crippen molar-refractivity contribution in [2.45, 2.75) is 24.9 Å². The van der Waals surface area contributed by atoms with E-state index in [9.17, 15) is 26.4 Å². The molecule has 0 atom stereocenters. The summed E-state index contributed by atoms with van der Waals surface area (Å²) in [6.07, 6.45) is -4.56. The molecule has 0 bridgehead atoms. The zero-order valence-electron chi connectivity index (χ0n) is 17.7. The highest BCUT2D eigenvalue weighted by atomic mass is 32.2. The molecule has 0 saturated heterocycles. The average Bonchev–Trinajstić information content (AvgIpc) is 2.75. The normalized spacial score (nSPS) is 11.7. The number of benzene rings is 3. The van der Waals surface area contributed by atoms with Crippen molar-refractivity contribution in [2.75, 3.05) is 16.6 Å². The number of nitrogens with one attached hydrogen (secondary N) is 2. The molecule has 174 valence electrons. The van der Waals surface area contributed by atoms with E-state index in [1.165, 1.54) is 42.5 Å². The molecular formula is C23H21F3N2O4S. The summed E-state index contributed by atoms with van der Waals surface area (Å²) in [5.74, 6) is -0.144. The van der Waals surface area contributed by atoms with Crippen molar-refractivity contribution in [2.24, 2.45) is 0 Å². The second kappa shape index (κ2) is 9.53. The van der Waals surface area contributed by atoms with Gasteiger partial charge in [-0.1, -0.05) is 12.1 Å². The second-order valence-electron chi connectivity index (χ2n) is 7.07. The minimum Gasteiger partial charge on any atom is -0.494 e. The molecule has 6 nitrogen and oxygen atoms in total. The number of carbonyl (C=O) groups is 1. The van der Waals surface area contributed by atoms with E-state index in [-0.39, 0.29) is 16.1 Å². The van der Waals surface area contributed by atoms with Gasteiger partial charge in [-0.05, 0) is 74.0 Å². The lowest BCUT2D eigenvalue weighted by atomic mass is 10.1. The van der Waals surface area contributed by atoms with Gasteiger partial charge in [-0.3, -0.25) is 9.52 Å². The quantitative estimate of drug-likeness (QED) is 0.472. The van der Waals surface area contributed by atoms with E-state index >= 15 is 0 Å². The average molecular weight is 478 g/mol. The van der Waals surface area contributed by atoms with Gasteiger partial charge in [0, 0.05) is 16.9 Å². The van der Waals surface area contributed by atoms with Crippen LogP contribution in [0.2, 0.25) is 0 Å². The molecule has 0 unspecified atom stereocenters. The Morgan fingerprint density at radius 2 is 1.67 bits per heavy atom. The van der Waals surface area contributed by atoms with Crippen LogP contribution < -0.4 is 14.8 Å². The molecule has 3 rings (SSSR count). The summed E-state index contributed by atoms with van der Waals surface area (Å²) in [5, 5.41) is 2.39. The first-order chi connectivity index (χ1) is 15.5. The minimum absolute atomic E-state index is 0.0157. The number of halogens is 3. The summed E-state index contributed by atoms with van der Waals surface area (Å²) < 4.78 is 72.1. The lowest BCUT2D eigenvalue weighted by molar-refractivity contribution is -0.137. The standard InChI is InChI=1S/C23H21F3N2O4S/c1-3-32-19-10-8-17(9-11-19)28-33(30,31)20-12-7-15(2)21(14-20)22(29)27-18-6-4-5-16(13-18)23(24,25)26/h4-14,28H,3H2,1-2H3,(H,27,29). The van der Waals surface area contributed by atoms with Crippen LogP contribution in [0.25, 0.3) is 0 Å². The smallest absolute Gasteiger partial charge is 0.416 e. The zero-order valence-corrected chi connectivity index (χ0v) is 18.5. The molecule has 0 saturated carbocycles. The van der Waals surface area contributed by atoms with E-state index in [2.05, 4.69) is 10.0 Å². The Kier molecular flexibility index (Phi) is 6.97. The lowest BCUT2D eigenvalue weighted by Crippen LogP contribution is -2.17. The van der Waals surface area contributed by atoms with E-state index < -0.39 is 27.7 Å². The molecule has 33 heavy (non-hydrogen) atoms. The molecule has 0 aliphatic rings. The van der Waals surface area contributed by atoms with Crippen LogP contribution in [0.5, 0.6) is 5.75 Å². The fraction of sp³-hybridized carbons (Fsp3) is 0.174. The number of amides is 1. The fourth-order valence-electron chi connectivity index (χ4n) is 2.98. The largest absolute Gasteiger partial charge is 0.494 e. The number of sulfonamides is 1. The van der Waals surface area contributed by atoms with Crippen molar-refractivity contribution in [1.29, 1.82) is 0 Å². The Hall–Kier alpha value is -3.53. The lowest BCUT2D eigenvalue weighted by Gasteiger charge is -2.13. The Morgan fingerprint density at radius 1 is 0.970 bits per heavy atom. The highest BCUT2D eigenvalue weighted by molar-refractivity contribution is 7.92. The molecule has 0 aliphatic carbocycles. The summed E-state index contributed by atoms with van der Waals surface area (Å²) in [5.41, 5.74) is -0.196. The number of ether oxygens (including phenoxy) is 1. The number of carbonyl (C=O) groups excluding carboxylic acids is 1. The summed E-state index contributed by atoms with van der Waals surface area (Å²) in [4.78, 5) is 12.5. The van der Waals surface area contributed by atoms with Crippen LogP contribution in [-0.2, 0) is 16.2 Å². The van der Waals surface area contributed by atoms with Gasteiger partial charge < -0.3 is 10.1 Å². The van der Waals surface area contributed by atoms with Crippen molar-refractivity contribution in [1.82, 2.24) is 0 Å². The Labute approximate surface area is 189 Å². The predicted molar refractivity (Wildman–Crippen MR) is 119 cm³/mol. The van der Waals surface area contributed by atoms with Crippen LogP contribution in [0.4, 0.5) is 24.5 Å². The van der Waals surface area contributed by atoms with Crippen LogP contribution >= 0.6 is 0 Å². The van der Waals surface area contributed by atoms with Gasteiger partial charge in [0.25, 0.3) is 15.9 Å². The third kappa shape index (κ3) is 6.04. The first-order valence-corrected chi connectivity index (χ1v) is 11.3. The highest BCUT2D eigenvalue weighted by Gasteiger charge is 2.30. The van der Waals surface area contributed by atoms with Crippen molar-refractivity contribution >= 4 is 27.3 Å². The number of hydrogen-bond donors (Lipinski definition) is 2. The van der Waals surface area contributed by atoms with E-state index in [1.807, 2.05) is 6.92 Å². The van der Waals surface area contributed by atoms with Crippen LogP contribution in [0, 0.1) is 6.92 Å². The predicted octanol–water partition coefficient (Wildman–Crippen LogP) is 5.47. The molecule has 3 aromatic rings. The summed E-state index contributed by atoms with van der Waals surface area (Å²) in [6, 6.07) is 14.5. The maximum Gasteiger partial charge on any atom is 0.416 e. The highest BCUT2D eigenvalue weighted by Crippen LogP contribution is 2.31. The van der Waals surface area contributed by atoms with Crippen molar-refractivity contribution in [3.05, 3.63) is 83.4 Å². The zero-order chi connectivity index (χ0) is 24.2. The number of aryl methyl sites for hydroxylation is 1. The van der Waals surface area contributed by atoms with Gasteiger partial charge in [-0.2, -0.15) is 13.2 Å². The Balaban J connectivity index is 1.83. The Morgan fingerprint density at radius 3 is 2.30 bits per heavy atom. The third-order valence-corrected chi connectivity index (χ3v) is 6.01. The number of alkyl halides is 3. The van der Waals surface area contributed by atoms with Gasteiger partial charge in [-0.25, -0.2) is 8.42 Å². The van der Waals surface area contributed by atoms with Crippen molar-refractivity contribution in [3.63, 3.8) is 0 Å². The van der Waals surface area contributed by atoms with Crippen LogP contribution in [0.1, 0.15) is 28.4 Å². The summed E-state index contributed by atoms with van der Waals surface area (Å²) >= 11 is 0. The number of anilines is 2. The number of rotatable bonds is 7. The molecule has 0 spiro atoms. The van der Waals surface area contributed by atoms with E-state index in [0.29, 0.717) is 23.6 Å². The Bertz CT molecular complexity index is 1260. The van der Waals surface area contributed by atoms with E-state index in [1.54, 1.807) is 19.1 Å². The maximum atomic E-state index is 12.9. The van der Waals surface area contributed by atoms with E-state index in [0.717, 1.165) is 12.1 Å². The molecule has 10 heteroatoms. The van der Waals surface area contributed by atoms with Crippen LogP contribution in [0.15, 0.2) is 71.6 Å². The monoisotopic (exact) mass is 478 g/mol. The third-order valence-electron chi connectivity index (χ3n) is 4.63. The number of hydrogen-bond acceptors (Lipinski definition) is 4. The minimum atomic E-state index is -4.56. The van der Waals surface area contributed by atoms with Crippen LogP contribution in [-0.4, -0.2) is 20.9 Å². The molecule has 2 N–H and O–H groups in total. The molecule has 0 aliphatic heterocycles. The second-order valence-corrected chi connectivity index (χ2v) is 8.75. The van der Waals surface area contributed by atoms with Gasteiger partial charge >= 0.3 is 6.18 Å². The van der Waals surface area contributed by atoms with Gasteiger partial charge in [0.05, 0.1) is 17.1 Å². The van der Waals surface area contributed by atoms with Gasteiger partial charge in [0.2, 0.25) is 0 Å². The molecule has 0 radical (unpaired) electrons.